The van der Waals surface area contributed by atoms with Crippen LogP contribution in [0.15, 0.2) is 54.4 Å². The first-order valence-electron chi connectivity index (χ1n) is 13.1. The Morgan fingerprint density at radius 1 is 1.26 bits per heavy atom. The lowest BCUT2D eigenvalue weighted by Crippen LogP contribution is -2.47. The molecule has 1 amide bonds. The molecule has 1 aromatic heterocycles. The van der Waals surface area contributed by atoms with Crippen LogP contribution in [0.25, 0.3) is 11.3 Å². The third kappa shape index (κ3) is 6.89. The molecule has 9 nitrogen and oxygen atoms in total. The number of anilines is 1. The van der Waals surface area contributed by atoms with Crippen LogP contribution in [-0.2, 0) is 10.0 Å². The van der Waals surface area contributed by atoms with E-state index in [0.29, 0.717) is 41.9 Å². The summed E-state index contributed by atoms with van der Waals surface area (Å²) in [6, 6.07) is 7.58. The molecule has 1 fully saturated rings. The van der Waals surface area contributed by atoms with Crippen molar-refractivity contribution in [1.82, 2.24) is 15.0 Å². The predicted octanol–water partition coefficient (Wildman–Crippen LogP) is 3.89. The molecule has 1 saturated heterocycles. The van der Waals surface area contributed by atoms with E-state index >= 15 is 0 Å². The van der Waals surface area contributed by atoms with Gasteiger partial charge in [-0.25, -0.2) is 22.5 Å². The average Bonchev–Trinajstić information content (AvgIpc) is 2.88. The molecule has 210 valence electrons. The molecule has 0 radical (unpaired) electrons. The number of piperidine rings is 1. The first-order chi connectivity index (χ1) is 18.4. The van der Waals surface area contributed by atoms with Crippen LogP contribution in [0.2, 0.25) is 0 Å². The van der Waals surface area contributed by atoms with Gasteiger partial charge in [0.1, 0.15) is 17.4 Å². The molecule has 2 aliphatic rings. The Balaban J connectivity index is 1.72. The minimum absolute atomic E-state index is 0.0671. The van der Waals surface area contributed by atoms with Crippen molar-refractivity contribution >= 4 is 21.7 Å². The SMILES string of the molecule is CC(C)COc1cc(F)cc(-c2ccc(C(=O)NS(=O)(=O)C3C=CC=C(N)N3)c(N3CC(C)CCC3C)n2)c1. The largest absolute Gasteiger partial charge is 0.493 e. The number of carbonyl (C=O) groups is 1. The molecule has 0 aliphatic carbocycles. The number of pyridine rings is 1. The summed E-state index contributed by atoms with van der Waals surface area (Å²) in [7, 11) is -4.15. The summed E-state index contributed by atoms with van der Waals surface area (Å²) in [4.78, 5) is 20.2. The molecule has 0 spiro atoms. The zero-order valence-corrected chi connectivity index (χ0v) is 23.5. The highest BCUT2D eigenvalue weighted by atomic mass is 32.2. The molecule has 0 saturated carbocycles. The van der Waals surface area contributed by atoms with Crippen LogP contribution in [0, 0.1) is 17.7 Å². The standard InChI is InChI=1S/C28H36FN5O4S/c1-17(2)16-38-22-13-20(12-21(29)14-22)24-11-10-23(27(31-24)34-15-18(3)8-9-19(34)4)28(35)33-39(36,37)26-7-5-6-25(30)32-26/h5-7,10-14,17-19,26,32H,8-9,15-16,30H2,1-4H3,(H,33,35). The smallest absolute Gasteiger partial charge is 0.268 e. The van der Waals surface area contributed by atoms with Gasteiger partial charge in [0.25, 0.3) is 15.9 Å². The zero-order valence-electron chi connectivity index (χ0n) is 22.6. The van der Waals surface area contributed by atoms with E-state index in [2.05, 4.69) is 17.0 Å². The molecule has 4 rings (SSSR count). The molecule has 2 aromatic rings. The summed E-state index contributed by atoms with van der Waals surface area (Å²) in [6.45, 7) is 9.26. The van der Waals surface area contributed by atoms with Gasteiger partial charge in [0.15, 0.2) is 5.37 Å². The van der Waals surface area contributed by atoms with Gasteiger partial charge in [0.05, 0.1) is 23.7 Å². The summed E-state index contributed by atoms with van der Waals surface area (Å²) in [6.07, 6.45) is 6.35. The molecule has 4 N–H and O–H groups in total. The second-order valence-corrected chi connectivity index (χ2v) is 12.5. The van der Waals surface area contributed by atoms with Crippen molar-refractivity contribution < 1.29 is 22.3 Å². The van der Waals surface area contributed by atoms with E-state index in [1.807, 2.05) is 25.7 Å². The summed E-state index contributed by atoms with van der Waals surface area (Å²) in [5, 5.41) is 1.44. The highest BCUT2D eigenvalue weighted by Crippen LogP contribution is 2.32. The summed E-state index contributed by atoms with van der Waals surface area (Å²) < 4.78 is 48.4. The van der Waals surface area contributed by atoms with Crippen LogP contribution in [0.3, 0.4) is 0 Å². The number of nitrogens with two attached hydrogens (primary N) is 1. The normalized spacial score (nSPS) is 21.3. The number of amides is 1. The van der Waals surface area contributed by atoms with Crippen LogP contribution in [0.1, 0.15) is 50.9 Å². The highest BCUT2D eigenvalue weighted by Gasteiger charge is 2.32. The topological polar surface area (TPSA) is 127 Å². The number of ether oxygens (including phenoxy) is 1. The lowest BCUT2D eigenvalue weighted by atomic mass is 9.94. The Bertz CT molecular complexity index is 1390. The number of sulfonamides is 1. The van der Waals surface area contributed by atoms with Gasteiger partial charge in [0.2, 0.25) is 0 Å². The third-order valence-electron chi connectivity index (χ3n) is 6.70. The zero-order chi connectivity index (χ0) is 28.3. The monoisotopic (exact) mass is 557 g/mol. The maximum atomic E-state index is 14.5. The van der Waals surface area contributed by atoms with Crippen LogP contribution in [0.5, 0.6) is 5.75 Å². The van der Waals surface area contributed by atoms with Gasteiger partial charge in [-0.3, -0.25) is 4.79 Å². The van der Waals surface area contributed by atoms with Crippen molar-refractivity contribution in [1.29, 1.82) is 0 Å². The van der Waals surface area contributed by atoms with Crippen molar-refractivity contribution in [2.24, 2.45) is 17.6 Å². The number of dihydropyridines is 1. The molecule has 0 bridgehead atoms. The second-order valence-electron chi connectivity index (χ2n) is 10.7. The van der Waals surface area contributed by atoms with Crippen molar-refractivity contribution in [3.05, 3.63) is 65.8 Å². The predicted molar refractivity (Wildman–Crippen MR) is 150 cm³/mol. The number of nitrogens with zero attached hydrogens (tertiary/aromatic N) is 2. The van der Waals surface area contributed by atoms with E-state index in [0.717, 1.165) is 12.8 Å². The van der Waals surface area contributed by atoms with Gasteiger partial charge >= 0.3 is 0 Å². The third-order valence-corrected chi connectivity index (χ3v) is 8.11. The fourth-order valence-corrected chi connectivity index (χ4v) is 5.68. The fraction of sp³-hybridized carbons (Fsp3) is 0.429. The quantitative estimate of drug-likeness (QED) is 0.446. The van der Waals surface area contributed by atoms with E-state index < -0.39 is 27.1 Å². The number of nitrogens with one attached hydrogen (secondary N) is 2. The van der Waals surface area contributed by atoms with Crippen molar-refractivity contribution in [2.75, 3.05) is 18.1 Å². The molecule has 1 aromatic carbocycles. The summed E-state index contributed by atoms with van der Waals surface area (Å²) >= 11 is 0. The molecule has 3 atom stereocenters. The van der Waals surface area contributed by atoms with Gasteiger partial charge < -0.3 is 20.7 Å². The molecule has 11 heteroatoms. The fourth-order valence-electron chi connectivity index (χ4n) is 4.60. The van der Waals surface area contributed by atoms with Gasteiger partial charge in [-0.15, -0.1) is 0 Å². The maximum absolute atomic E-state index is 14.5. The maximum Gasteiger partial charge on any atom is 0.268 e. The van der Waals surface area contributed by atoms with Gasteiger partial charge in [-0.2, -0.15) is 0 Å². The first-order valence-corrected chi connectivity index (χ1v) is 14.7. The molecular weight excluding hydrogens is 521 g/mol. The summed E-state index contributed by atoms with van der Waals surface area (Å²) in [5.74, 6) is 0.251. The second kappa shape index (κ2) is 11.6. The Morgan fingerprint density at radius 3 is 2.74 bits per heavy atom. The Morgan fingerprint density at radius 2 is 2.03 bits per heavy atom. The molecule has 3 heterocycles. The van der Waals surface area contributed by atoms with Crippen molar-refractivity contribution in [3.8, 4) is 17.0 Å². The van der Waals surface area contributed by atoms with E-state index in [4.69, 9.17) is 15.5 Å². The molecule has 39 heavy (non-hydrogen) atoms. The molecule has 3 unspecified atom stereocenters. The first kappa shape index (κ1) is 28.4. The minimum atomic E-state index is -4.15. The van der Waals surface area contributed by atoms with Crippen LogP contribution < -0.4 is 25.4 Å². The lowest BCUT2D eigenvalue weighted by molar-refractivity contribution is 0.0981. The Labute approximate surface area is 229 Å². The van der Waals surface area contributed by atoms with E-state index in [1.54, 1.807) is 12.1 Å². The van der Waals surface area contributed by atoms with Crippen LogP contribution in [0.4, 0.5) is 10.2 Å². The number of hydrogen-bond donors (Lipinski definition) is 3. The number of allylic oxidation sites excluding steroid dienone is 2. The number of aromatic nitrogens is 1. The van der Waals surface area contributed by atoms with Crippen LogP contribution in [-0.4, -0.2) is 43.9 Å². The summed E-state index contributed by atoms with van der Waals surface area (Å²) in [5.41, 5.74) is 6.75. The van der Waals surface area contributed by atoms with Crippen molar-refractivity contribution in [3.63, 3.8) is 0 Å². The molecule has 2 aliphatic heterocycles. The number of halogens is 1. The lowest BCUT2D eigenvalue weighted by Gasteiger charge is -2.38. The van der Waals surface area contributed by atoms with Gasteiger partial charge in [-0.1, -0.05) is 26.8 Å². The highest BCUT2D eigenvalue weighted by molar-refractivity contribution is 7.90. The minimum Gasteiger partial charge on any atom is -0.493 e. The van der Waals surface area contributed by atoms with E-state index in [-0.39, 0.29) is 23.3 Å². The number of benzene rings is 1. The van der Waals surface area contributed by atoms with Gasteiger partial charge in [0, 0.05) is 24.2 Å². The Kier molecular flexibility index (Phi) is 8.48. The molecular formula is C28H36FN5O4S. The van der Waals surface area contributed by atoms with Crippen LogP contribution >= 0.6 is 0 Å². The number of rotatable bonds is 8. The average molecular weight is 558 g/mol. The Hall–Kier alpha value is -3.60. The van der Waals surface area contributed by atoms with Gasteiger partial charge in [-0.05, 0) is 68.0 Å². The number of hydrogen-bond acceptors (Lipinski definition) is 8. The van der Waals surface area contributed by atoms with E-state index in [9.17, 15) is 17.6 Å². The van der Waals surface area contributed by atoms with E-state index in [1.165, 1.54) is 36.4 Å². The van der Waals surface area contributed by atoms with Crippen molar-refractivity contribution in [2.45, 2.75) is 52.0 Å². The number of carbonyl (C=O) groups excluding carboxylic acids is 1.